The molecule has 0 aromatic heterocycles. The smallest absolute Gasteiger partial charge is 0.0462 e. The zero-order chi connectivity index (χ0) is 12.0. The van der Waals surface area contributed by atoms with Crippen molar-refractivity contribution < 1.29 is 5.11 Å². The van der Waals surface area contributed by atoms with E-state index in [1.54, 1.807) is 0 Å². The van der Waals surface area contributed by atoms with E-state index in [4.69, 9.17) is 5.11 Å². The van der Waals surface area contributed by atoms with Gasteiger partial charge >= 0.3 is 0 Å². The molecule has 0 heterocycles. The molecule has 0 saturated heterocycles. The molecule has 0 bridgehead atoms. The van der Waals surface area contributed by atoms with Crippen LogP contribution in [0.5, 0.6) is 0 Å². The molecule has 0 aliphatic carbocycles. The molecule has 0 fully saturated rings. The fraction of sp³-hybridized carbons (Fsp3) is 0.600. The van der Waals surface area contributed by atoms with Crippen molar-refractivity contribution in [3.8, 4) is 0 Å². The van der Waals surface area contributed by atoms with Gasteiger partial charge in [0.15, 0.2) is 0 Å². The van der Waals surface area contributed by atoms with Crippen LogP contribution in [-0.2, 0) is 12.8 Å². The Hall–Kier alpha value is -0.820. The average molecular weight is 220 g/mol. The van der Waals surface area contributed by atoms with Crippen LogP contribution < -0.4 is 0 Å². The summed E-state index contributed by atoms with van der Waals surface area (Å²) >= 11 is 0. The maximum Gasteiger partial charge on any atom is 0.0462 e. The second-order valence-corrected chi connectivity index (χ2v) is 5.08. The number of aliphatic hydroxyl groups excluding tert-OH is 1. The van der Waals surface area contributed by atoms with Crippen LogP contribution in [0.25, 0.3) is 0 Å². The Labute approximate surface area is 99.5 Å². The van der Waals surface area contributed by atoms with Gasteiger partial charge in [-0.25, -0.2) is 0 Å². The van der Waals surface area contributed by atoms with E-state index in [9.17, 15) is 0 Å². The molecule has 1 nitrogen and oxygen atoms in total. The van der Waals surface area contributed by atoms with Crippen LogP contribution in [0.1, 0.15) is 38.3 Å². The standard InChI is InChI=1S/C15H24O/c1-4-13(11-16)10-15-7-5-14(6-8-15)9-12(2)3/h5-8,12-13,16H,4,9-11H2,1-3H3. The number of aliphatic hydroxyl groups is 1. The average Bonchev–Trinajstić information content (AvgIpc) is 2.27. The van der Waals surface area contributed by atoms with Gasteiger partial charge in [-0.15, -0.1) is 0 Å². The number of benzene rings is 1. The zero-order valence-electron chi connectivity index (χ0n) is 10.7. The molecule has 0 amide bonds. The molecular formula is C15H24O. The molecule has 1 unspecified atom stereocenters. The molecule has 16 heavy (non-hydrogen) atoms. The van der Waals surface area contributed by atoms with Gasteiger partial charge in [0, 0.05) is 6.61 Å². The Bertz CT molecular complexity index is 283. The Balaban J connectivity index is 2.57. The molecule has 0 spiro atoms. The molecule has 1 heteroatoms. The number of hydrogen-bond acceptors (Lipinski definition) is 1. The Morgan fingerprint density at radius 1 is 1.00 bits per heavy atom. The van der Waals surface area contributed by atoms with Gasteiger partial charge in [-0.2, -0.15) is 0 Å². The van der Waals surface area contributed by atoms with Crippen LogP contribution in [0.3, 0.4) is 0 Å². The van der Waals surface area contributed by atoms with Gasteiger partial charge in [0.2, 0.25) is 0 Å². The minimum atomic E-state index is 0.296. The maximum absolute atomic E-state index is 9.16. The van der Waals surface area contributed by atoms with Crippen LogP contribution in [0.2, 0.25) is 0 Å². The van der Waals surface area contributed by atoms with E-state index >= 15 is 0 Å². The second kappa shape index (κ2) is 6.70. The highest BCUT2D eigenvalue weighted by Gasteiger charge is 2.06. The van der Waals surface area contributed by atoms with Crippen molar-refractivity contribution in [3.63, 3.8) is 0 Å². The first-order chi connectivity index (χ1) is 7.65. The van der Waals surface area contributed by atoms with Crippen molar-refractivity contribution in [2.45, 2.75) is 40.0 Å². The molecule has 90 valence electrons. The van der Waals surface area contributed by atoms with Gasteiger partial charge < -0.3 is 5.11 Å². The number of rotatable bonds is 6. The fourth-order valence-electron chi connectivity index (χ4n) is 1.95. The van der Waals surface area contributed by atoms with Crippen molar-refractivity contribution in [1.82, 2.24) is 0 Å². The zero-order valence-corrected chi connectivity index (χ0v) is 10.7. The molecule has 1 aromatic rings. The SMILES string of the molecule is CCC(CO)Cc1ccc(CC(C)C)cc1. The lowest BCUT2D eigenvalue weighted by Crippen LogP contribution is -2.08. The molecule has 1 rings (SSSR count). The highest BCUT2D eigenvalue weighted by Crippen LogP contribution is 2.14. The van der Waals surface area contributed by atoms with E-state index in [0.717, 1.165) is 19.3 Å². The van der Waals surface area contributed by atoms with E-state index < -0.39 is 0 Å². The van der Waals surface area contributed by atoms with Crippen molar-refractivity contribution in [2.24, 2.45) is 11.8 Å². The predicted octanol–water partition coefficient (Wildman–Crippen LogP) is 3.45. The molecule has 0 aliphatic heterocycles. The summed E-state index contributed by atoms with van der Waals surface area (Å²) in [4.78, 5) is 0. The number of hydrogen-bond donors (Lipinski definition) is 1. The summed E-state index contributed by atoms with van der Waals surface area (Å²) in [6.07, 6.45) is 3.19. The van der Waals surface area contributed by atoms with Gasteiger partial charge in [0.25, 0.3) is 0 Å². The highest BCUT2D eigenvalue weighted by molar-refractivity contribution is 5.23. The Morgan fingerprint density at radius 3 is 1.88 bits per heavy atom. The molecule has 0 radical (unpaired) electrons. The Kier molecular flexibility index (Phi) is 5.54. The summed E-state index contributed by atoms with van der Waals surface area (Å²) in [7, 11) is 0. The van der Waals surface area contributed by atoms with E-state index in [-0.39, 0.29) is 0 Å². The second-order valence-electron chi connectivity index (χ2n) is 5.08. The van der Waals surface area contributed by atoms with Gasteiger partial charge in [-0.05, 0) is 35.8 Å². The third kappa shape index (κ3) is 4.36. The summed E-state index contributed by atoms with van der Waals surface area (Å²) in [5.74, 6) is 1.13. The van der Waals surface area contributed by atoms with Gasteiger partial charge in [-0.1, -0.05) is 51.5 Å². The largest absolute Gasteiger partial charge is 0.396 e. The molecule has 1 atom stereocenters. The summed E-state index contributed by atoms with van der Waals surface area (Å²) in [5.41, 5.74) is 2.75. The lowest BCUT2D eigenvalue weighted by atomic mass is 9.95. The van der Waals surface area contributed by atoms with Crippen LogP contribution >= 0.6 is 0 Å². The predicted molar refractivity (Wildman–Crippen MR) is 69.6 cm³/mol. The van der Waals surface area contributed by atoms with Crippen LogP contribution in [0, 0.1) is 11.8 Å². The summed E-state index contributed by atoms with van der Waals surface area (Å²) in [5, 5.41) is 9.16. The van der Waals surface area contributed by atoms with Gasteiger partial charge in [0.05, 0.1) is 0 Å². The van der Waals surface area contributed by atoms with Crippen molar-refractivity contribution >= 4 is 0 Å². The fourth-order valence-corrected chi connectivity index (χ4v) is 1.95. The van der Waals surface area contributed by atoms with E-state index in [1.807, 2.05) is 0 Å². The first-order valence-corrected chi connectivity index (χ1v) is 6.34. The molecule has 1 aromatic carbocycles. The molecular weight excluding hydrogens is 196 g/mol. The minimum absolute atomic E-state index is 0.296. The maximum atomic E-state index is 9.16. The van der Waals surface area contributed by atoms with Gasteiger partial charge in [0.1, 0.15) is 0 Å². The highest BCUT2D eigenvalue weighted by atomic mass is 16.3. The monoisotopic (exact) mass is 220 g/mol. The lowest BCUT2D eigenvalue weighted by molar-refractivity contribution is 0.222. The van der Waals surface area contributed by atoms with Crippen LogP contribution in [0.15, 0.2) is 24.3 Å². The quantitative estimate of drug-likeness (QED) is 0.778. The van der Waals surface area contributed by atoms with Crippen molar-refractivity contribution in [2.75, 3.05) is 6.61 Å². The van der Waals surface area contributed by atoms with Crippen LogP contribution in [-0.4, -0.2) is 11.7 Å². The molecule has 1 N–H and O–H groups in total. The van der Waals surface area contributed by atoms with E-state index in [0.29, 0.717) is 18.4 Å². The normalized spacial score (nSPS) is 13.1. The Morgan fingerprint density at radius 2 is 1.50 bits per heavy atom. The lowest BCUT2D eigenvalue weighted by Gasteiger charge is -2.12. The van der Waals surface area contributed by atoms with E-state index in [2.05, 4.69) is 45.0 Å². The van der Waals surface area contributed by atoms with Crippen LogP contribution in [0.4, 0.5) is 0 Å². The first-order valence-electron chi connectivity index (χ1n) is 6.34. The topological polar surface area (TPSA) is 20.2 Å². The molecule has 0 saturated carbocycles. The van der Waals surface area contributed by atoms with E-state index in [1.165, 1.54) is 11.1 Å². The molecule has 0 aliphatic rings. The summed E-state index contributed by atoms with van der Waals surface area (Å²) in [6.45, 7) is 6.91. The summed E-state index contributed by atoms with van der Waals surface area (Å²) < 4.78 is 0. The summed E-state index contributed by atoms with van der Waals surface area (Å²) in [6, 6.07) is 8.85. The van der Waals surface area contributed by atoms with Gasteiger partial charge in [-0.3, -0.25) is 0 Å². The third-order valence-corrected chi connectivity index (χ3v) is 3.03. The van der Waals surface area contributed by atoms with Crippen molar-refractivity contribution in [3.05, 3.63) is 35.4 Å². The third-order valence-electron chi connectivity index (χ3n) is 3.03. The minimum Gasteiger partial charge on any atom is -0.396 e. The van der Waals surface area contributed by atoms with Crippen molar-refractivity contribution in [1.29, 1.82) is 0 Å². The first kappa shape index (κ1) is 13.2.